The lowest BCUT2D eigenvalue weighted by Gasteiger charge is -2.15. The van der Waals surface area contributed by atoms with E-state index in [9.17, 15) is 23.5 Å². The summed E-state index contributed by atoms with van der Waals surface area (Å²) in [6, 6.07) is 8.45. The molecule has 0 saturated carbocycles. The molecule has 3 aromatic rings. The molecule has 0 bridgehead atoms. The van der Waals surface area contributed by atoms with Crippen molar-refractivity contribution in [1.82, 2.24) is 9.13 Å². The Balaban J connectivity index is 1.99. The minimum absolute atomic E-state index is 0.0326. The smallest absolute Gasteiger partial charge is 0.342 e. The lowest BCUT2D eigenvalue weighted by Crippen LogP contribution is -2.38. The van der Waals surface area contributed by atoms with Gasteiger partial charge in [-0.15, -0.1) is 0 Å². The number of benzene rings is 2. The minimum Gasteiger partial charge on any atom is -0.494 e. The SMILES string of the molecule is C=C(Cc1cc(F)cc(Cl)c1)n1c(O)cc(=O)n(C(=C)Cc2cc(F)cc(Cl)c2)c1=O. The molecule has 9 heteroatoms. The molecule has 0 saturated heterocycles. The van der Waals surface area contributed by atoms with E-state index < -0.39 is 28.8 Å². The summed E-state index contributed by atoms with van der Waals surface area (Å²) in [4.78, 5) is 25.4. The van der Waals surface area contributed by atoms with Gasteiger partial charge in [-0.1, -0.05) is 36.4 Å². The fourth-order valence-electron chi connectivity index (χ4n) is 3.18. The van der Waals surface area contributed by atoms with Crippen molar-refractivity contribution in [2.45, 2.75) is 12.8 Å². The van der Waals surface area contributed by atoms with Crippen molar-refractivity contribution in [1.29, 1.82) is 0 Å². The molecular formula is C22H16Cl2F2N2O3. The van der Waals surface area contributed by atoms with Gasteiger partial charge in [0.1, 0.15) is 11.6 Å². The molecule has 0 aliphatic carbocycles. The Hall–Kier alpha value is -3.16. The molecule has 1 N–H and O–H groups in total. The molecule has 2 aromatic carbocycles. The maximum atomic E-state index is 13.6. The number of hydrogen-bond donors (Lipinski definition) is 1. The molecule has 0 atom stereocenters. The highest BCUT2D eigenvalue weighted by molar-refractivity contribution is 6.30. The van der Waals surface area contributed by atoms with Gasteiger partial charge in [0.25, 0.3) is 5.56 Å². The molecule has 0 fully saturated rings. The molecule has 0 unspecified atom stereocenters. The molecule has 5 nitrogen and oxygen atoms in total. The molecule has 0 amide bonds. The van der Waals surface area contributed by atoms with Crippen molar-refractivity contribution in [3.05, 3.63) is 109 Å². The van der Waals surface area contributed by atoms with E-state index in [4.69, 9.17) is 23.2 Å². The van der Waals surface area contributed by atoms with Gasteiger partial charge < -0.3 is 5.11 Å². The first-order chi connectivity index (χ1) is 14.5. The van der Waals surface area contributed by atoms with Gasteiger partial charge in [0, 0.05) is 34.3 Å². The summed E-state index contributed by atoms with van der Waals surface area (Å²) in [7, 11) is 0. The summed E-state index contributed by atoms with van der Waals surface area (Å²) in [5.74, 6) is -1.78. The van der Waals surface area contributed by atoms with Crippen LogP contribution in [0.3, 0.4) is 0 Å². The van der Waals surface area contributed by atoms with Gasteiger partial charge in [0.2, 0.25) is 5.88 Å². The number of halogens is 4. The molecule has 31 heavy (non-hydrogen) atoms. The van der Waals surface area contributed by atoms with Crippen molar-refractivity contribution in [3.63, 3.8) is 0 Å². The third-order valence-corrected chi connectivity index (χ3v) is 4.81. The zero-order chi connectivity index (χ0) is 22.9. The van der Waals surface area contributed by atoms with E-state index in [0.29, 0.717) is 11.1 Å². The Morgan fingerprint density at radius 2 is 1.26 bits per heavy atom. The van der Waals surface area contributed by atoms with Crippen molar-refractivity contribution < 1.29 is 13.9 Å². The summed E-state index contributed by atoms with van der Waals surface area (Å²) >= 11 is 11.7. The second-order valence-corrected chi connectivity index (χ2v) is 7.71. The summed E-state index contributed by atoms with van der Waals surface area (Å²) in [6.45, 7) is 7.51. The van der Waals surface area contributed by atoms with Crippen LogP contribution in [0.1, 0.15) is 11.1 Å². The van der Waals surface area contributed by atoms with Gasteiger partial charge in [0.15, 0.2) is 0 Å². The molecule has 0 spiro atoms. The highest BCUT2D eigenvalue weighted by atomic mass is 35.5. The van der Waals surface area contributed by atoms with Crippen molar-refractivity contribution >= 4 is 34.6 Å². The molecule has 0 aliphatic rings. The first kappa shape index (κ1) is 22.5. The number of rotatable bonds is 6. The Morgan fingerprint density at radius 1 is 0.806 bits per heavy atom. The van der Waals surface area contributed by atoms with Gasteiger partial charge in [-0.05, 0) is 47.5 Å². The van der Waals surface area contributed by atoms with Crippen LogP contribution in [-0.2, 0) is 12.8 Å². The van der Waals surface area contributed by atoms with Crippen LogP contribution in [0.5, 0.6) is 5.88 Å². The molecule has 0 aliphatic heterocycles. The topological polar surface area (TPSA) is 64.2 Å². The second kappa shape index (κ2) is 8.91. The summed E-state index contributed by atoms with van der Waals surface area (Å²) in [5, 5.41) is 10.5. The van der Waals surface area contributed by atoms with Crippen LogP contribution >= 0.6 is 23.2 Å². The standard InChI is InChI=1S/C22H16Cl2F2N2O3/c1-12(3-14-5-16(23)9-18(25)7-14)27-20(29)11-21(30)28(22(27)31)13(2)4-15-6-17(24)10-19(26)8-15/h5-11,29H,1-4H2. The van der Waals surface area contributed by atoms with Crippen LogP contribution in [0.4, 0.5) is 8.78 Å². The zero-order valence-electron chi connectivity index (χ0n) is 16.0. The quantitative estimate of drug-likeness (QED) is 0.573. The largest absolute Gasteiger partial charge is 0.494 e. The first-order valence-corrected chi connectivity index (χ1v) is 9.65. The first-order valence-electron chi connectivity index (χ1n) is 8.89. The average molecular weight is 465 g/mol. The molecule has 3 rings (SSSR count). The molecule has 1 aromatic heterocycles. The summed E-state index contributed by atoms with van der Waals surface area (Å²) in [5.41, 5.74) is -0.842. The maximum Gasteiger partial charge on any atom is 0.342 e. The lowest BCUT2D eigenvalue weighted by atomic mass is 10.1. The Bertz CT molecular complexity index is 1290. The predicted molar refractivity (Wildman–Crippen MR) is 118 cm³/mol. The van der Waals surface area contributed by atoms with Gasteiger partial charge in [-0.3, -0.25) is 4.79 Å². The van der Waals surface area contributed by atoms with Crippen LogP contribution < -0.4 is 11.2 Å². The fourth-order valence-corrected chi connectivity index (χ4v) is 3.66. The predicted octanol–water partition coefficient (Wildman–Crippen LogP) is 4.73. The van der Waals surface area contributed by atoms with E-state index in [-0.39, 0.29) is 34.3 Å². The lowest BCUT2D eigenvalue weighted by molar-refractivity contribution is 0.429. The van der Waals surface area contributed by atoms with E-state index in [0.717, 1.165) is 27.3 Å². The maximum absolute atomic E-state index is 13.6. The normalized spacial score (nSPS) is 10.8. The van der Waals surface area contributed by atoms with E-state index in [1.54, 1.807) is 0 Å². The Morgan fingerprint density at radius 3 is 1.71 bits per heavy atom. The van der Waals surface area contributed by atoms with Crippen LogP contribution in [0, 0.1) is 11.6 Å². The average Bonchev–Trinajstić information content (AvgIpc) is 2.59. The summed E-state index contributed by atoms with van der Waals surface area (Å²) in [6.07, 6.45) is -0.0848. The van der Waals surface area contributed by atoms with E-state index in [1.807, 2.05) is 0 Å². The van der Waals surface area contributed by atoms with Crippen LogP contribution in [0.15, 0.2) is 65.2 Å². The zero-order valence-corrected chi connectivity index (χ0v) is 17.6. The number of aromatic nitrogens is 2. The number of hydrogen-bond acceptors (Lipinski definition) is 3. The van der Waals surface area contributed by atoms with E-state index in [2.05, 4.69) is 13.2 Å². The second-order valence-electron chi connectivity index (χ2n) is 6.84. The Labute approximate surface area is 185 Å². The molecule has 1 heterocycles. The monoisotopic (exact) mass is 464 g/mol. The Kier molecular flexibility index (Phi) is 6.48. The minimum atomic E-state index is -0.926. The van der Waals surface area contributed by atoms with E-state index in [1.165, 1.54) is 24.3 Å². The van der Waals surface area contributed by atoms with Gasteiger partial charge >= 0.3 is 5.69 Å². The summed E-state index contributed by atoms with van der Waals surface area (Å²) < 4.78 is 28.7. The molecule has 160 valence electrons. The highest BCUT2D eigenvalue weighted by Crippen LogP contribution is 2.21. The van der Waals surface area contributed by atoms with Crippen molar-refractivity contribution in [3.8, 4) is 5.88 Å². The van der Waals surface area contributed by atoms with Crippen molar-refractivity contribution in [2.24, 2.45) is 0 Å². The van der Waals surface area contributed by atoms with Gasteiger partial charge in [-0.25, -0.2) is 22.7 Å². The molecule has 0 radical (unpaired) electrons. The number of aromatic hydroxyl groups is 1. The third kappa shape index (κ3) is 5.13. The van der Waals surface area contributed by atoms with Crippen LogP contribution in [-0.4, -0.2) is 14.2 Å². The fraction of sp³-hybridized carbons (Fsp3) is 0.0909. The third-order valence-electron chi connectivity index (χ3n) is 4.38. The number of nitrogens with zero attached hydrogens (tertiary/aromatic N) is 2. The number of allylic oxidation sites excluding steroid dienone is 2. The van der Waals surface area contributed by atoms with Crippen LogP contribution in [0.25, 0.3) is 11.4 Å². The van der Waals surface area contributed by atoms with E-state index >= 15 is 0 Å². The van der Waals surface area contributed by atoms with Gasteiger partial charge in [0.05, 0.1) is 6.07 Å². The van der Waals surface area contributed by atoms with Crippen LogP contribution in [0.2, 0.25) is 10.0 Å². The molecular weight excluding hydrogens is 449 g/mol. The van der Waals surface area contributed by atoms with Crippen molar-refractivity contribution in [2.75, 3.05) is 0 Å². The highest BCUT2D eigenvalue weighted by Gasteiger charge is 2.16. The van der Waals surface area contributed by atoms with Gasteiger partial charge in [-0.2, -0.15) is 0 Å².